The summed E-state index contributed by atoms with van der Waals surface area (Å²) in [7, 11) is 0. The number of amides is 2. The highest BCUT2D eigenvalue weighted by Gasteiger charge is 2.29. The van der Waals surface area contributed by atoms with Crippen molar-refractivity contribution in [3.63, 3.8) is 0 Å². The Morgan fingerprint density at radius 2 is 2.00 bits per heavy atom. The highest BCUT2D eigenvalue weighted by Crippen LogP contribution is 2.23. The number of nitrogens with zero attached hydrogens (tertiary/aromatic N) is 1. The molecule has 0 aromatic heterocycles. The maximum absolute atomic E-state index is 12.2. The second-order valence-electron chi connectivity index (χ2n) is 5.70. The van der Waals surface area contributed by atoms with Crippen LogP contribution >= 0.6 is 0 Å². The molecule has 1 aromatic carbocycles. The van der Waals surface area contributed by atoms with Crippen LogP contribution in [0.4, 0.5) is 10.5 Å². The Morgan fingerprint density at radius 3 is 2.63 bits per heavy atom. The molecule has 1 aromatic rings. The minimum atomic E-state index is -0.0491. The number of carbonyl (C=O) groups is 1. The number of nitrogens with one attached hydrogen (secondary N) is 1. The van der Waals surface area contributed by atoms with E-state index in [2.05, 4.69) is 19.2 Å². The Labute approximate surface area is 115 Å². The fraction of sp³-hybridized carbons (Fsp3) is 0.533. The molecule has 1 fully saturated rings. The number of rotatable bonds is 2. The Kier molecular flexibility index (Phi) is 4.43. The number of hydrogen-bond donors (Lipinski definition) is 2. The summed E-state index contributed by atoms with van der Waals surface area (Å²) in [6.45, 7) is 5.82. The van der Waals surface area contributed by atoms with Crippen molar-refractivity contribution in [3.8, 4) is 0 Å². The van der Waals surface area contributed by atoms with Crippen LogP contribution in [-0.4, -0.2) is 30.1 Å². The van der Waals surface area contributed by atoms with Gasteiger partial charge < -0.3 is 16.0 Å². The molecule has 104 valence electrons. The van der Waals surface area contributed by atoms with Crippen LogP contribution in [0.5, 0.6) is 0 Å². The normalized spacial score (nSPS) is 23.5. The van der Waals surface area contributed by atoms with Crippen LogP contribution in [-0.2, 0) is 0 Å². The van der Waals surface area contributed by atoms with E-state index in [1.165, 1.54) is 0 Å². The number of anilines is 1. The molecular weight excluding hydrogens is 238 g/mol. The summed E-state index contributed by atoms with van der Waals surface area (Å²) in [6, 6.07) is 9.57. The van der Waals surface area contributed by atoms with Crippen molar-refractivity contribution in [3.05, 3.63) is 30.3 Å². The first-order valence-corrected chi connectivity index (χ1v) is 6.93. The molecule has 1 aliphatic rings. The van der Waals surface area contributed by atoms with Gasteiger partial charge >= 0.3 is 6.03 Å². The summed E-state index contributed by atoms with van der Waals surface area (Å²) in [6.07, 6.45) is 1.01. The zero-order valence-electron chi connectivity index (χ0n) is 11.7. The molecule has 19 heavy (non-hydrogen) atoms. The number of urea groups is 1. The SMILES string of the molecule is CC(C)C1CC(N)CN(C(=O)Nc2ccccc2)C1. The summed E-state index contributed by atoms with van der Waals surface area (Å²) in [4.78, 5) is 14.1. The van der Waals surface area contributed by atoms with Crippen molar-refractivity contribution < 1.29 is 4.79 Å². The number of carbonyl (C=O) groups excluding carboxylic acids is 1. The van der Waals surface area contributed by atoms with E-state index in [1.807, 2.05) is 35.2 Å². The fourth-order valence-electron chi connectivity index (χ4n) is 2.55. The topological polar surface area (TPSA) is 58.4 Å². The number of benzene rings is 1. The minimum Gasteiger partial charge on any atom is -0.326 e. The molecule has 4 nitrogen and oxygen atoms in total. The standard InChI is InChI=1S/C15H23N3O/c1-11(2)12-8-13(16)10-18(9-12)15(19)17-14-6-4-3-5-7-14/h3-7,11-13H,8-10,16H2,1-2H3,(H,17,19). The Bertz CT molecular complexity index is 419. The molecule has 1 aliphatic heterocycles. The van der Waals surface area contributed by atoms with Gasteiger partial charge in [0.05, 0.1) is 0 Å². The Hall–Kier alpha value is -1.55. The molecule has 2 atom stereocenters. The number of piperidine rings is 1. The van der Waals surface area contributed by atoms with Gasteiger partial charge in [-0.15, -0.1) is 0 Å². The second kappa shape index (κ2) is 6.06. The highest BCUT2D eigenvalue weighted by molar-refractivity contribution is 5.89. The fourth-order valence-corrected chi connectivity index (χ4v) is 2.55. The Balaban J connectivity index is 1.98. The van der Waals surface area contributed by atoms with Gasteiger partial charge in [-0.3, -0.25) is 0 Å². The van der Waals surface area contributed by atoms with E-state index in [4.69, 9.17) is 5.73 Å². The molecule has 2 amide bonds. The third-order valence-electron chi connectivity index (χ3n) is 3.77. The number of hydrogen-bond acceptors (Lipinski definition) is 2. The highest BCUT2D eigenvalue weighted by atomic mass is 16.2. The third-order valence-corrected chi connectivity index (χ3v) is 3.77. The quantitative estimate of drug-likeness (QED) is 0.859. The van der Waals surface area contributed by atoms with Crippen LogP contribution in [0.1, 0.15) is 20.3 Å². The van der Waals surface area contributed by atoms with E-state index in [9.17, 15) is 4.79 Å². The average Bonchev–Trinajstić information content (AvgIpc) is 2.39. The van der Waals surface area contributed by atoms with Crippen molar-refractivity contribution in [2.45, 2.75) is 26.3 Å². The number of para-hydroxylation sites is 1. The maximum atomic E-state index is 12.2. The monoisotopic (exact) mass is 261 g/mol. The van der Waals surface area contributed by atoms with Crippen molar-refractivity contribution in [1.29, 1.82) is 0 Å². The van der Waals surface area contributed by atoms with Crippen LogP contribution in [0.3, 0.4) is 0 Å². The summed E-state index contributed by atoms with van der Waals surface area (Å²) in [5, 5.41) is 2.92. The van der Waals surface area contributed by atoms with E-state index in [0.717, 1.165) is 18.7 Å². The molecule has 0 radical (unpaired) electrons. The van der Waals surface area contributed by atoms with Gasteiger partial charge in [0.1, 0.15) is 0 Å². The van der Waals surface area contributed by atoms with E-state index in [-0.39, 0.29) is 12.1 Å². The molecular formula is C15H23N3O. The van der Waals surface area contributed by atoms with Crippen molar-refractivity contribution in [2.24, 2.45) is 17.6 Å². The van der Waals surface area contributed by atoms with Gasteiger partial charge in [-0.25, -0.2) is 4.79 Å². The molecule has 0 saturated carbocycles. The largest absolute Gasteiger partial charge is 0.326 e. The lowest BCUT2D eigenvalue weighted by Crippen LogP contribution is -2.51. The first-order valence-electron chi connectivity index (χ1n) is 6.93. The van der Waals surface area contributed by atoms with E-state index < -0.39 is 0 Å². The average molecular weight is 261 g/mol. The van der Waals surface area contributed by atoms with Crippen LogP contribution in [0, 0.1) is 11.8 Å². The molecule has 0 spiro atoms. The zero-order valence-corrected chi connectivity index (χ0v) is 11.7. The first-order chi connectivity index (χ1) is 9.06. The molecule has 4 heteroatoms. The predicted molar refractivity (Wildman–Crippen MR) is 78.0 cm³/mol. The zero-order chi connectivity index (χ0) is 13.8. The summed E-state index contributed by atoms with van der Waals surface area (Å²) in [5.74, 6) is 1.05. The lowest BCUT2D eigenvalue weighted by atomic mass is 9.86. The van der Waals surface area contributed by atoms with E-state index >= 15 is 0 Å². The molecule has 3 N–H and O–H groups in total. The van der Waals surface area contributed by atoms with Gasteiger partial charge in [0.2, 0.25) is 0 Å². The minimum absolute atomic E-state index is 0.0491. The lowest BCUT2D eigenvalue weighted by molar-refractivity contribution is 0.147. The summed E-state index contributed by atoms with van der Waals surface area (Å²) in [5.41, 5.74) is 6.89. The van der Waals surface area contributed by atoms with Gasteiger partial charge in [0.25, 0.3) is 0 Å². The molecule has 2 rings (SSSR count). The van der Waals surface area contributed by atoms with Gasteiger partial charge in [0, 0.05) is 24.8 Å². The van der Waals surface area contributed by atoms with E-state index in [1.54, 1.807) is 0 Å². The summed E-state index contributed by atoms with van der Waals surface area (Å²) >= 11 is 0. The maximum Gasteiger partial charge on any atom is 0.321 e. The third kappa shape index (κ3) is 3.70. The molecule has 0 bridgehead atoms. The van der Waals surface area contributed by atoms with Crippen LogP contribution < -0.4 is 11.1 Å². The molecule has 2 unspecified atom stereocenters. The molecule has 0 aliphatic carbocycles. The second-order valence-corrected chi connectivity index (χ2v) is 5.70. The van der Waals surface area contributed by atoms with Gasteiger partial charge in [0.15, 0.2) is 0 Å². The van der Waals surface area contributed by atoms with E-state index in [0.29, 0.717) is 18.4 Å². The van der Waals surface area contributed by atoms with Crippen molar-refractivity contribution in [1.82, 2.24) is 4.90 Å². The van der Waals surface area contributed by atoms with Crippen LogP contribution in [0.15, 0.2) is 30.3 Å². The van der Waals surface area contributed by atoms with Gasteiger partial charge in [-0.1, -0.05) is 32.0 Å². The van der Waals surface area contributed by atoms with Gasteiger partial charge in [-0.05, 0) is 30.4 Å². The smallest absolute Gasteiger partial charge is 0.321 e. The lowest BCUT2D eigenvalue weighted by Gasteiger charge is -2.38. The molecule has 1 saturated heterocycles. The predicted octanol–water partition coefficient (Wildman–Crippen LogP) is 2.52. The first kappa shape index (κ1) is 13.9. The number of likely N-dealkylation sites (tertiary alicyclic amines) is 1. The van der Waals surface area contributed by atoms with Crippen molar-refractivity contribution >= 4 is 11.7 Å². The van der Waals surface area contributed by atoms with Crippen LogP contribution in [0.25, 0.3) is 0 Å². The van der Waals surface area contributed by atoms with Crippen molar-refractivity contribution in [2.75, 3.05) is 18.4 Å². The van der Waals surface area contributed by atoms with Crippen LogP contribution in [0.2, 0.25) is 0 Å². The Morgan fingerprint density at radius 1 is 1.32 bits per heavy atom. The summed E-state index contributed by atoms with van der Waals surface area (Å²) < 4.78 is 0. The number of nitrogens with two attached hydrogens (primary N) is 1. The molecule has 1 heterocycles. The van der Waals surface area contributed by atoms with Gasteiger partial charge in [-0.2, -0.15) is 0 Å².